The molecule has 6 heteroatoms. The van der Waals surface area contributed by atoms with Gasteiger partial charge in [-0.15, -0.1) is 0 Å². The summed E-state index contributed by atoms with van der Waals surface area (Å²) in [6.45, 7) is 10.2. The molecule has 2 aliphatic rings. The van der Waals surface area contributed by atoms with Crippen LogP contribution >= 0.6 is 0 Å². The molecule has 0 N–H and O–H groups in total. The second-order valence-corrected chi connectivity index (χ2v) is 8.07. The van der Waals surface area contributed by atoms with E-state index in [9.17, 15) is 9.59 Å². The molecule has 1 fully saturated rings. The molecule has 0 atom stereocenters. The largest absolute Gasteiger partial charge is 0.309 e. The van der Waals surface area contributed by atoms with Crippen molar-refractivity contribution in [3.8, 4) is 0 Å². The first kappa shape index (κ1) is 19.8. The molecule has 2 heterocycles. The number of amides is 2. The van der Waals surface area contributed by atoms with E-state index in [2.05, 4.69) is 30.7 Å². The lowest BCUT2D eigenvalue weighted by molar-refractivity contribution is -0.121. The van der Waals surface area contributed by atoms with Crippen molar-refractivity contribution in [3.05, 3.63) is 24.3 Å². The molecule has 0 bridgehead atoms. The molecule has 1 aromatic carbocycles. The van der Waals surface area contributed by atoms with Gasteiger partial charge in [0.1, 0.15) is 0 Å². The molecule has 1 saturated heterocycles. The zero-order chi connectivity index (χ0) is 19.4. The van der Waals surface area contributed by atoms with Crippen LogP contribution < -0.4 is 9.80 Å². The molecule has 0 radical (unpaired) electrons. The van der Waals surface area contributed by atoms with Crippen LogP contribution in [0.15, 0.2) is 24.3 Å². The number of benzene rings is 1. The highest BCUT2D eigenvalue weighted by Crippen LogP contribution is 2.34. The number of hydrogen-bond donors (Lipinski definition) is 0. The van der Waals surface area contributed by atoms with Crippen molar-refractivity contribution in [3.63, 3.8) is 0 Å². The topological polar surface area (TPSA) is 47.1 Å². The van der Waals surface area contributed by atoms with Crippen molar-refractivity contribution in [2.75, 3.05) is 62.7 Å². The third kappa shape index (κ3) is 4.87. The lowest BCUT2D eigenvalue weighted by atomic mass is 10.1. The van der Waals surface area contributed by atoms with Gasteiger partial charge in [0.05, 0.1) is 11.4 Å². The van der Waals surface area contributed by atoms with E-state index in [1.54, 1.807) is 0 Å². The molecule has 2 amide bonds. The normalized spacial score (nSPS) is 18.7. The summed E-state index contributed by atoms with van der Waals surface area (Å²) in [5.41, 5.74) is 1.73. The third-order valence-corrected chi connectivity index (χ3v) is 5.43. The Hall–Kier alpha value is -1.92. The van der Waals surface area contributed by atoms with E-state index in [0.717, 1.165) is 44.1 Å². The number of rotatable bonds is 5. The Kier molecular flexibility index (Phi) is 6.50. The standard InChI is InChI=1S/C21H32N4O2/c1-17(2)16-21(27)25-15-14-24(18-6-4-5-7-19(18)25)20(26)8-9-23-12-10-22(3)11-13-23/h4-7,17H,8-16H2,1-3H3. The van der Waals surface area contributed by atoms with Crippen LogP contribution in [0, 0.1) is 5.92 Å². The fraction of sp³-hybridized carbons (Fsp3) is 0.619. The number of carbonyl (C=O) groups excluding carboxylic acids is 2. The summed E-state index contributed by atoms with van der Waals surface area (Å²) in [6, 6.07) is 7.79. The Bertz CT molecular complexity index is 668. The molecule has 148 valence electrons. The zero-order valence-corrected chi connectivity index (χ0v) is 16.9. The fourth-order valence-electron chi connectivity index (χ4n) is 3.80. The Morgan fingerprint density at radius 3 is 2.00 bits per heavy atom. The van der Waals surface area contributed by atoms with Crippen molar-refractivity contribution in [2.45, 2.75) is 26.7 Å². The van der Waals surface area contributed by atoms with Crippen LogP contribution in [0.1, 0.15) is 26.7 Å². The smallest absolute Gasteiger partial charge is 0.228 e. The highest BCUT2D eigenvalue weighted by atomic mass is 16.2. The summed E-state index contributed by atoms with van der Waals surface area (Å²) >= 11 is 0. The predicted molar refractivity (Wildman–Crippen MR) is 109 cm³/mol. The number of nitrogens with zero attached hydrogens (tertiary/aromatic N) is 4. The summed E-state index contributed by atoms with van der Waals surface area (Å²) in [4.78, 5) is 33.9. The first-order chi connectivity index (χ1) is 13.0. The molecule has 27 heavy (non-hydrogen) atoms. The van der Waals surface area contributed by atoms with Crippen LogP contribution in [-0.2, 0) is 9.59 Å². The number of fused-ring (bicyclic) bond motifs is 1. The van der Waals surface area contributed by atoms with Crippen LogP contribution in [0.25, 0.3) is 0 Å². The predicted octanol–water partition coefficient (Wildman–Crippen LogP) is 2.05. The number of piperazine rings is 1. The maximum atomic E-state index is 12.9. The van der Waals surface area contributed by atoms with Gasteiger partial charge >= 0.3 is 0 Å². The number of anilines is 2. The van der Waals surface area contributed by atoms with Crippen molar-refractivity contribution in [1.29, 1.82) is 0 Å². The fourth-order valence-corrected chi connectivity index (χ4v) is 3.80. The van der Waals surface area contributed by atoms with E-state index in [1.807, 2.05) is 34.1 Å². The Morgan fingerprint density at radius 1 is 0.889 bits per heavy atom. The summed E-state index contributed by atoms with van der Waals surface area (Å²) < 4.78 is 0. The van der Waals surface area contributed by atoms with Crippen LogP contribution in [0.3, 0.4) is 0 Å². The highest BCUT2D eigenvalue weighted by Gasteiger charge is 2.30. The first-order valence-electron chi connectivity index (χ1n) is 10.1. The third-order valence-electron chi connectivity index (χ3n) is 5.43. The Labute approximate surface area is 162 Å². The molecular weight excluding hydrogens is 340 g/mol. The summed E-state index contributed by atoms with van der Waals surface area (Å²) in [6.07, 6.45) is 1.06. The molecule has 3 rings (SSSR count). The minimum Gasteiger partial charge on any atom is -0.309 e. The van der Waals surface area contributed by atoms with E-state index in [-0.39, 0.29) is 11.8 Å². The van der Waals surface area contributed by atoms with Gasteiger partial charge in [-0.25, -0.2) is 0 Å². The van der Waals surface area contributed by atoms with Gasteiger partial charge in [0.15, 0.2) is 0 Å². The first-order valence-corrected chi connectivity index (χ1v) is 10.1. The van der Waals surface area contributed by atoms with Crippen LogP contribution in [0.4, 0.5) is 11.4 Å². The Morgan fingerprint density at radius 2 is 1.44 bits per heavy atom. The second-order valence-electron chi connectivity index (χ2n) is 8.07. The van der Waals surface area contributed by atoms with Gasteiger partial charge in [0, 0.05) is 58.7 Å². The summed E-state index contributed by atoms with van der Waals surface area (Å²) in [5, 5.41) is 0. The number of para-hydroxylation sites is 2. The molecule has 2 aliphatic heterocycles. The average molecular weight is 373 g/mol. The average Bonchev–Trinajstić information content (AvgIpc) is 2.66. The molecule has 0 aromatic heterocycles. The van der Waals surface area contributed by atoms with Gasteiger partial charge in [0.2, 0.25) is 11.8 Å². The van der Waals surface area contributed by atoms with Gasteiger partial charge in [-0.3, -0.25) is 9.59 Å². The minimum atomic E-state index is 0.141. The quantitative estimate of drug-likeness (QED) is 0.794. The van der Waals surface area contributed by atoms with Crippen molar-refractivity contribution in [2.24, 2.45) is 5.92 Å². The molecule has 6 nitrogen and oxygen atoms in total. The van der Waals surface area contributed by atoms with E-state index < -0.39 is 0 Å². The zero-order valence-electron chi connectivity index (χ0n) is 16.9. The second kappa shape index (κ2) is 8.85. The van der Waals surface area contributed by atoms with Crippen molar-refractivity contribution < 1.29 is 9.59 Å². The van der Waals surface area contributed by atoms with E-state index >= 15 is 0 Å². The van der Waals surface area contributed by atoms with Crippen LogP contribution in [0.5, 0.6) is 0 Å². The maximum Gasteiger partial charge on any atom is 0.228 e. The SMILES string of the molecule is CC(C)CC(=O)N1CCN(C(=O)CCN2CCN(C)CC2)c2ccccc21. The van der Waals surface area contributed by atoms with E-state index in [4.69, 9.17) is 0 Å². The molecule has 0 spiro atoms. The minimum absolute atomic E-state index is 0.141. The van der Waals surface area contributed by atoms with E-state index in [0.29, 0.717) is 31.8 Å². The summed E-state index contributed by atoms with van der Waals surface area (Å²) in [7, 11) is 2.14. The number of carbonyl (C=O) groups is 2. The number of hydrogen-bond acceptors (Lipinski definition) is 4. The van der Waals surface area contributed by atoms with Gasteiger partial charge < -0.3 is 19.6 Å². The van der Waals surface area contributed by atoms with Crippen LogP contribution in [-0.4, -0.2) is 74.5 Å². The lowest BCUT2D eigenvalue weighted by Gasteiger charge is -2.37. The lowest BCUT2D eigenvalue weighted by Crippen LogP contribution is -2.48. The maximum absolute atomic E-state index is 12.9. The number of likely N-dealkylation sites (N-methyl/N-ethyl adjacent to an activating group) is 1. The van der Waals surface area contributed by atoms with Crippen molar-refractivity contribution >= 4 is 23.2 Å². The summed E-state index contributed by atoms with van der Waals surface area (Å²) in [5.74, 6) is 0.618. The van der Waals surface area contributed by atoms with E-state index in [1.165, 1.54) is 0 Å². The monoisotopic (exact) mass is 372 g/mol. The van der Waals surface area contributed by atoms with Gasteiger partial charge in [-0.05, 0) is 25.1 Å². The van der Waals surface area contributed by atoms with Crippen molar-refractivity contribution in [1.82, 2.24) is 9.80 Å². The molecule has 0 unspecified atom stereocenters. The molecule has 0 aliphatic carbocycles. The molecule has 0 saturated carbocycles. The Balaban J connectivity index is 1.65. The van der Waals surface area contributed by atoms with Gasteiger partial charge in [-0.1, -0.05) is 26.0 Å². The molecular formula is C21H32N4O2. The highest BCUT2D eigenvalue weighted by molar-refractivity contribution is 6.04. The van der Waals surface area contributed by atoms with Gasteiger partial charge in [-0.2, -0.15) is 0 Å². The van der Waals surface area contributed by atoms with Gasteiger partial charge in [0.25, 0.3) is 0 Å². The molecule has 1 aromatic rings. The van der Waals surface area contributed by atoms with Crippen LogP contribution in [0.2, 0.25) is 0 Å².